The van der Waals surface area contributed by atoms with E-state index in [9.17, 15) is 4.79 Å². The van der Waals surface area contributed by atoms with E-state index in [0.717, 1.165) is 0 Å². The SMILES string of the molecule is CCOCn1cnc2c(=O)[nH]c([AsH2])nc21. The third-order valence-corrected chi connectivity index (χ3v) is 2.50. The quantitative estimate of drug-likeness (QED) is 0.680. The van der Waals surface area contributed by atoms with Crippen LogP contribution in [0.15, 0.2) is 11.1 Å². The molecule has 0 aliphatic heterocycles. The van der Waals surface area contributed by atoms with Crippen molar-refractivity contribution in [3.05, 3.63) is 16.7 Å². The van der Waals surface area contributed by atoms with Gasteiger partial charge in [-0.1, -0.05) is 0 Å². The zero-order valence-electron chi connectivity index (χ0n) is 8.23. The van der Waals surface area contributed by atoms with Crippen molar-refractivity contribution in [2.75, 3.05) is 6.61 Å². The first-order chi connectivity index (χ1) is 7.22. The summed E-state index contributed by atoms with van der Waals surface area (Å²) in [7, 11) is 0. The van der Waals surface area contributed by atoms with Crippen LogP contribution >= 0.6 is 0 Å². The van der Waals surface area contributed by atoms with Gasteiger partial charge in [0.2, 0.25) is 0 Å². The Balaban J connectivity index is 2.53. The third-order valence-electron chi connectivity index (χ3n) is 1.93. The average molecular weight is 270 g/mol. The van der Waals surface area contributed by atoms with Crippen molar-refractivity contribution in [2.24, 2.45) is 0 Å². The van der Waals surface area contributed by atoms with Gasteiger partial charge in [-0.3, -0.25) is 0 Å². The molecule has 1 N–H and O–H groups in total. The molecular formula is C8H11AsN4O2. The number of hydrogen-bond donors (Lipinski definition) is 1. The van der Waals surface area contributed by atoms with Crippen molar-refractivity contribution in [1.29, 1.82) is 0 Å². The molecule has 7 heteroatoms. The van der Waals surface area contributed by atoms with Gasteiger partial charge in [-0.15, -0.1) is 0 Å². The van der Waals surface area contributed by atoms with Gasteiger partial charge in [0.1, 0.15) is 0 Å². The maximum absolute atomic E-state index is 11.5. The number of nitrogens with one attached hydrogen (secondary N) is 1. The standard InChI is InChI=1S/C8H11AsN4O2/c1-2-15-4-13-3-10-5-6(13)11-8(9)12-7(5)14/h3H,2,4,9H2,1H3,(H,11,12,14). The first kappa shape index (κ1) is 10.4. The van der Waals surface area contributed by atoms with Crippen LogP contribution in [0, 0.1) is 0 Å². The van der Waals surface area contributed by atoms with Crippen LogP contribution in [0.5, 0.6) is 0 Å². The molecule has 2 aromatic rings. The second-order valence-corrected chi connectivity index (χ2v) is 4.11. The molecule has 0 saturated carbocycles. The molecule has 0 saturated heterocycles. The Morgan fingerprint density at radius 2 is 2.47 bits per heavy atom. The molecular weight excluding hydrogens is 259 g/mol. The molecule has 0 bridgehead atoms. The van der Waals surface area contributed by atoms with Crippen LogP contribution in [-0.4, -0.2) is 43.0 Å². The third kappa shape index (κ3) is 1.96. The summed E-state index contributed by atoms with van der Waals surface area (Å²) in [5.41, 5.74) is 0.734. The fraction of sp³-hybridized carbons (Fsp3) is 0.375. The second-order valence-electron chi connectivity index (χ2n) is 2.96. The Bertz CT molecular complexity index is 533. The van der Waals surface area contributed by atoms with Crippen LogP contribution in [0.3, 0.4) is 0 Å². The fourth-order valence-corrected chi connectivity index (χ4v) is 1.79. The number of H-pyrrole nitrogens is 1. The van der Waals surface area contributed by atoms with E-state index in [1.54, 1.807) is 10.9 Å². The maximum atomic E-state index is 11.5. The molecule has 6 nitrogen and oxygen atoms in total. The van der Waals surface area contributed by atoms with Crippen molar-refractivity contribution < 1.29 is 4.74 Å². The number of imidazole rings is 1. The van der Waals surface area contributed by atoms with E-state index < -0.39 is 0 Å². The van der Waals surface area contributed by atoms with E-state index in [0.29, 0.717) is 29.1 Å². The normalized spacial score (nSPS) is 11.1. The molecule has 0 amide bonds. The molecule has 1 unspecified atom stereocenters. The van der Waals surface area contributed by atoms with E-state index in [1.165, 1.54) is 16.9 Å². The van der Waals surface area contributed by atoms with E-state index in [1.807, 2.05) is 6.92 Å². The Morgan fingerprint density at radius 3 is 3.20 bits per heavy atom. The van der Waals surface area contributed by atoms with Crippen molar-refractivity contribution in [3.8, 4) is 0 Å². The molecule has 0 radical (unpaired) electrons. The van der Waals surface area contributed by atoms with Crippen molar-refractivity contribution in [2.45, 2.75) is 13.7 Å². The van der Waals surface area contributed by atoms with E-state index in [4.69, 9.17) is 4.74 Å². The van der Waals surface area contributed by atoms with Crippen LogP contribution in [0.2, 0.25) is 0 Å². The fourth-order valence-electron chi connectivity index (χ4n) is 1.25. The molecule has 0 aromatic carbocycles. The number of ether oxygens (including phenoxy) is 1. The van der Waals surface area contributed by atoms with Gasteiger partial charge < -0.3 is 0 Å². The van der Waals surface area contributed by atoms with Crippen LogP contribution in [0.4, 0.5) is 0 Å². The zero-order valence-corrected chi connectivity index (χ0v) is 10.6. The summed E-state index contributed by atoms with van der Waals surface area (Å²) in [5, 5.41) is 0. The van der Waals surface area contributed by atoms with E-state index in [-0.39, 0.29) is 5.56 Å². The summed E-state index contributed by atoms with van der Waals surface area (Å²) in [6.07, 6.45) is 1.56. The summed E-state index contributed by atoms with van der Waals surface area (Å²) in [6.45, 7) is 2.90. The van der Waals surface area contributed by atoms with Gasteiger partial charge in [0.05, 0.1) is 0 Å². The second kappa shape index (κ2) is 4.16. The molecule has 1 atom stereocenters. The predicted molar refractivity (Wildman–Crippen MR) is 58.0 cm³/mol. The first-order valence-electron chi connectivity index (χ1n) is 4.50. The van der Waals surface area contributed by atoms with Crippen LogP contribution in [0.1, 0.15) is 6.92 Å². The van der Waals surface area contributed by atoms with Gasteiger partial charge in [-0.25, -0.2) is 0 Å². The Hall–Kier alpha value is -1.13. The summed E-state index contributed by atoms with van der Waals surface area (Å²) < 4.78 is 7.60. The Kier molecular flexibility index (Phi) is 2.88. The molecule has 80 valence electrons. The zero-order chi connectivity index (χ0) is 10.8. The number of aromatic nitrogens is 4. The Morgan fingerprint density at radius 1 is 1.67 bits per heavy atom. The van der Waals surface area contributed by atoms with E-state index in [2.05, 4.69) is 15.0 Å². The Labute approximate surface area is 94.2 Å². The number of fused-ring (bicyclic) bond motifs is 1. The topological polar surface area (TPSA) is 72.8 Å². The van der Waals surface area contributed by atoms with Gasteiger partial charge in [-0.05, 0) is 0 Å². The summed E-state index contributed by atoms with van der Waals surface area (Å²) in [5.74, 6) is 0. The van der Waals surface area contributed by atoms with Gasteiger partial charge in [-0.2, -0.15) is 0 Å². The molecule has 0 aliphatic carbocycles. The number of nitrogens with zero attached hydrogens (tertiary/aromatic N) is 3. The summed E-state index contributed by atoms with van der Waals surface area (Å²) in [4.78, 5) is 22.3. The molecule has 0 spiro atoms. The van der Waals surface area contributed by atoms with Gasteiger partial charge in [0, 0.05) is 0 Å². The molecule has 0 aliphatic rings. The predicted octanol–water partition coefficient (Wildman–Crippen LogP) is -1.63. The van der Waals surface area contributed by atoms with Crippen molar-refractivity contribution in [1.82, 2.24) is 19.5 Å². The van der Waals surface area contributed by atoms with Crippen molar-refractivity contribution >= 4 is 32.6 Å². The molecule has 0 fully saturated rings. The van der Waals surface area contributed by atoms with Gasteiger partial charge in [0.15, 0.2) is 0 Å². The van der Waals surface area contributed by atoms with Crippen LogP contribution < -0.4 is 10.2 Å². The first-order valence-corrected chi connectivity index (χ1v) is 5.72. The van der Waals surface area contributed by atoms with Crippen LogP contribution in [-0.2, 0) is 11.5 Å². The number of hydrogen-bond acceptors (Lipinski definition) is 4. The van der Waals surface area contributed by atoms with Crippen molar-refractivity contribution in [3.63, 3.8) is 0 Å². The van der Waals surface area contributed by atoms with Crippen LogP contribution in [0.25, 0.3) is 11.2 Å². The minimum absolute atomic E-state index is 0.199. The molecule has 2 rings (SSSR count). The van der Waals surface area contributed by atoms with Gasteiger partial charge >= 0.3 is 93.8 Å². The number of aromatic amines is 1. The number of rotatable bonds is 3. The summed E-state index contributed by atoms with van der Waals surface area (Å²) >= 11 is 1.27. The molecule has 2 aromatic heterocycles. The van der Waals surface area contributed by atoms with E-state index >= 15 is 0 Å². The monoisotopic (exact) mass is 270 g/mol. The molecule has 15 heavy (non-hydrogen) atoms. The minimum atomic E-state index is -0.199. The van der Waals surface area contributed by atoms with Gasteiger partial charge in [0.25, 0.3) is 0 Å². The summed E-state index contributed by atoms with van der Waals surface area (Å²) in [6, 6.07) is 0. The molecule has 2 heterocycles. The average Bonchev–Trinajstić information content (AvgIpc) is 2.58.